The summed E-state index contributed by atoms with van der Waals surface area (Å²) < 4.78 is 10.6. The monoisotopic (exact) mass is 352 g/mol. The summed E-state index contributed by atoms with van der Waals surface area (Å²) in [5.41, 5.74) is 7.94. The summed E-state index contributed by atoms with van der Waals surface area (Å²) in [6.45, 7) is 2.90. The summed E-state index contributed by atoms with van der Waals surface area (Å²) in [5.74, 6) is 1.97. The molecule has 3 aromatic rings. The first-order valence-electron chi connectivity index (χ1n) is 8.72. The van der Waals surface area contributed by atoms with Gasteiger partial charge in [0.2, 0.25) is 0 Å². The van der Waals surface area contributed by atoms with E-state index in [-0.39, 0.29) is 0 Å². The molecule has 2 N–H and O–H groups in total. The second-order valence-electron chi connectivity index (χ2n) is 6.04. The number of methoxy groups -OCH3 is 1. The Bertz CT molecular complexity index is 787. The fourth-order valence-electron chi connectivity index (χ4n) is 2.75. The molecule has 0 atom stereocenters. The van der Waals surface area contributed by atoms with E-state index in [1.165, 1.54) is 5.56 Å². The van der Waals surface area contributed by atoms with Gasteiger partial charge in [0.1, 0.15) is 5.75 Å². The molecule has 6 nitrogen and oxygen atoms in total. The Hall–Kier alpha value is -2.70. The van der Waals surface area contributed by atoms with E-state index in [0.717, 1.165) is 30.8 Å². The molecule has 0 saturated heterocycles. The second kappa shape index (κ2) is 9.12. The van der Waals surface area contributed by atoms with Crippen LogP contribution in [0.15, 0.2) is 59.1 Å². The topological polar surface area (TPSA) is 77.4 Å². The molecule has 0 spiro atoms. The molecule has 0 saturated carbocycles. The largest absolute Gasteiger partial charge is 0.497 e. The Morgan fingerprint density at radius 1 is 1.04 bits per heavy atom. The average Bonchev–Trinajstić information content (AvgIpc) is 3.16. The third-order valence-corrected chi connectivity index (χ3v) is 4.17. The molecule has 0 amide bonds. The minimum atomic E-state index is 0.512. The fourth-order valence-corrected chi connectivity index (χ4v) is 2.75. The van der Waals surface area contributed by atoms with Crippen LogP contribution >= 0.6 is 0 Å². The van der Waals surface area contributed by atoms with Gasteiger partial charge in [-0.2, -0.15) is 4.98 Å². The number of benzene rings is 2. The molecule has 0 radical (unpaired) electrons. The van der Waals surface area contributed by atoms with Crippen molar-refractivity contribution in [3.05, 3.63) is 66.0 Å². The molecule has 0 aliphatic rings. The third kappa shape index (κ3) is 4.91. The summed E-state index contributed by atoms with van der Waals surface area (Å²) in [6.07, 6.45) is 0.962. The number of nitrogens with two attached hydrogens (primary N) is 1. The zero-order chi connectivity index (χ0) is 18.2. The van der Waals surface area contributed by atoms with E-state index in [9.17, 15) is 0 Å². The lowest BCUT2D eigenvalue weighted by Crippen LogP contribution is -2.31. The van der Waals surface area contributed by atoms with Crippen LogP contribution in [0.1, 0.15) is 11.4 Å². The summed E-state index contributed by atoms with van der Waals surface area (Å²) in [5, 5.41) is 4.11. The number of ether oxygens (including phenoxy) is 1. The molecular formula is C20H24N4O2. The van der Waals surface area contributed by atoms with Crippen molar-refractivity contribution in [1.29, 1.82) is 0 Å². The van der Waals surface area contributed by atoms with Gasteiger partial charge in [0.15, 0.2) is 5.82 Å². The lowest BCUT2D eigenvalue weighted by Gasteiger charge is -2.19. The lowest BCUT2D eigenvalue weighted by molar-refractivity contribution is 0.264. The molecule has 2 aromatic carbocycles. The highest BCUT2D eigenvalue weighted by Crippen LogP contribution is 2.21. The van der Waals surface area contributed by atoms with Crippen LogP contribution in [0.3, 0.4) is 0 Å². The summed E-state index contributed by atoms with van der Waals surface area (Å²) >= 11 is 0. The second-order valence-corrected chi connectivity index (χ2v) is 6.04. The van der Waals surface area contributed by atoms with Crippen molar-refractivity contribution in [1.82, 2.24) is 15.0 Å². The van der Waals surface area contributed by atoms with Gasteiger partial charge in [-0.1, -0.05) is 35.5 Å². The number of hydrogen-bond acceptors (Lipinski definition) is 6. The van der Waals surface area contributed by atoms with Crippen LogP contribution in [0.5, 0.6) is 5.75 Å². The molecule has 0 unspecified atom stereocenters. The molecule has 26 heavy (non-hydrogen) atoms. The molecular weight excluding hydrogens is 328 g/mol. The lowest BCUT2D eigenvalue weighted by atomic mass is 10.1. The maximum atomic E-state index is 5.76. The van der Waals surface area contributed by atoms with E-state index in [1.54, 1.807) is 7.11 Å². The van der Waals surface area contributed by atoms with Crippen molar-refractivity contribution in [2.75, 3.05) is 26.7 Å². The van der Waals surface area contributed by atoms with Gasteiger partial charge >= 0.3 is 0 Å². The van der Waals surface area contributed by atoms with Crippen LogP contribution < -0.4 is 10.5 Å². The van der Waals surface area contributed by atoms with Gasteiger partial charge < -0.3 is 15.0 Å². The Labute approximate surface area is 153 Å². The van der Waals surface area contributed by atoms with Crippen molar-refractivity contribution in [2.45, 2.75) is 13.0 Å². The molecule has 1 aromatic heterocycles. The van der Waals surface area contributed by atoms with Crippen LogP contribution in [-0.4, -0.2) is 41.8 Å². The van der Waals surface area contributed by atoms with Crippen molar-refractivity contribution < 1.29 is 9.26 Å². The van der Waals surface area contributed by atoms with E-state index >= 15 is 0 Å². The highest BCUT2D eigenvalue weighted by Gasteiger charge is 2.13. The van der Waals surface area contributed by atoms with E-state index in [0.29, 0.717) is 24.8 Å². The van der Waals surface area contributed by atoms with Crippen LogP contribution in [0.4, 0.5) is 0 Å². The maximum Gasteiger partial charge on any atom is 0.257 e. The average molecular weight is 352 g/mol. The summed E-state index contributed by atoms with van der Waals surface area (Å²) in [6, 6.07) is 18.0. The molecule has 3 rings (SSSR count). The quantitative estimate of drug-likeness (QED) is 0.638. The SMILES string of the molecule is COc1ccc(-c2nc(CN(CCN)CCc3ccccc3)no2)cc1. The Morgan fingerprint density at radius 3 is 2.50 bits per heavy atom. The van der Waals surface area contributed by atoms with Gasteiger partial charge in [-0.05, 0) is 36.2 Å². The molecule has 0 bridgehead atoms. The van der Waals surface area contributed by atoms with Gasteiger partial charge in [-0.3, -0.25) is 4.90 Å². The highest BCUT2D eigenvalue weighted by atomic mass is 16.5. The first-order chi connectivity index (χ1) is 12.8. The number of rotatable bonds is 9. The van der Waals surface area contributed by atoms with Crippen molar-refractivity contribution in [2.24, 2.45) is 5.73 Å². The minimum Gasteiger partial charge on any atom is -0.497 e. The van der Waals surface area contributed by atoms with Crippen molar-refractivity contribution >= 4 is 0 Å². The molecule has 6 heteroatoms. The molecule has 0 aliphatic heterocycles. The predicted molar refractivity (Wildman–Crippen MR) is 101 cm³/mol. The molecule has 0 fully saturated rings. The highest BCUT2D eigenvalue weighted by molar-refractivity contribution is 5.54. The van der Waals surface area contributed by atoms with Crippen LogP contribution in [0.25, 0.3) is 11.5 Å². The van der Waals surface area contributed by atoms with Gasteiger partial charge in [0.25, 0.3) is 5.89 Å². The predicted octanol–water partition coefficient (Wildman–Crippen LogP) is 2.75. The zero-order valence-electron chi connectivity index (χ0n) is 15.0. The number of hydrogen-bond donors (Lipinski definition) is 1. The Kier molecular flexibility index (Phi) is 6.35. The van der Waals surface area contributed by atoms with E-state index in [4.69, 9.17) is 15.0 Å². The van der Waals surface area contributed by atoms with Crippen molar-refractivity contribution in [3.63, 3.8) is 0 Å². The van der Waals surface area contributed by atoms with Gasteiger partial charge in [0.05, 0.1) is 13.7 Å². The first-order valence-corrected chi connectivity index (χ1v) is 8.72. The van der Waals surface area contributed by atoms with Crippen molar-refractivity contribution in [3.8, 4) is 17.2 Å². The molecule has 0 aliphatic carbocycles. The van der Waals surface area contributed by atoms with Crippen LogP contribution in [0, 0.1) is 0 Å². The van der Waals surface area contributed by atoms with E-state index < -0.39 is 0 Å². The third-order valence-electron chi connectivity index (χ3n) is 4.17. The Balaban J connectivity index is 1.62. The number of aromatic nitrogens is 2. The summed E-state index contributed by atoms with van der Waals surface area (Å²) in [4.78, 5) is 6.76. The van der Waals surface area contributed by atoms with Gasteiger partial charge in [-0.15, -0.1) is 0 Å². The maximum absolute atomic E-state index is 5.76. The Morgan fingerprint density at radius 2 is 1.81 bits per heavy atom. The smallest absolute Gasteiger partial charge is 0.257 e. The van der Waals surface area contributed by atoms with Crippen LogP contribution in [0.2, 0.25) is 0 Å². The zero-order valence-corrected chi connectivity index (χ0v) is 15.0. The normalized spacial score (nSPS) is 11.0. The molecule has 136 valence electrons. The fraction of sp³-hybridized carbons (Fsp3) is 0.300. The standard InChI is InChI=1S/C20H24N4O2/c1-25-18-9-7-17(8-10-18)20-22-19(23-26-20)15-24(14-12-21)13-11-16-5-3-2-4-6-16/h2-10H,11-15,21H2,1H3. The molecule has 1 heterocycles. The van der Waals surface area contributed by atoms with Gasteiger partial charge in [0, 0.05) is 25.2 Å². The van der Waals surface area contributed by atoms with Gasteiger partial charge in [-0.25, -0.2) is 0 Å². The van der Waals surface area contributed by atoms with Crippen LogP contribution in [-0.2, 0) is 13.0 Å². The summed E-state index contributed by atoms with van der Waals surface area (Å²) in [7, 11) is 1.64. The minimum absolute atomic E-state index is 0.512. The van der Waals surface area contributed by atoms with E-state index in [2.05, 4.69) is 39.3 Å². The number of nitrogens with zero attached hydrogens (tertiary/aromatic N) is 3. The van der Waals surface area contributed by atoms with E-state index in [1.807, 2.05) is 30.3 Å². The first kappa shape index (κ1) is 18.1.